The predicted octanol–water partition coefficient (Wildman–Crippen LogP) is 2.79. The monoisotopic (exact) mass is 390 g/mol. The molecule has 2 bridgehead atoms. The van der Waals surface area contributed by atoms with E-state index in [1.54, 1.807) is 6.07 Å². The van der Waals surface area contributed by atoms with E-state index in [1.165, 1.54) is 18.4 Å². The van der Waals surface area contributed by atoms with Crippen LogP contribution in [0.5, 0.6) is 11.5 Å². The first-order chi connectivity index (χ1) is 14.0. The minimum absolute atomic E-state index is 0.0830. The second kappa shape index (κ2) is 5.13. The predicted molar refractivity (Wildman–Crippen MR) is 107 cm³/mol. The number of piperidine rings is 1. The van der Waals surface area contributed by atoms with Crippen LogP contribution >= 0.6 is 0 Å². The standard InChI is InChI=1S/C24H26N2O3/c1-13-8-16-10-24(28)18-9-15-4-5-17(27)21-19(15)23(24,22(29-21)20(16)25-11-13)6-7-26(18)12-14-2-3-14/h4-5,8,11,14,18,22,27-28H,2-3,6-7,9-10,12H2,1H3/t18?,22-,23-,24+/m0/s1. The smallest absolute Gasteiger partial charge is 0.166 e. The van der Waals surface area contributed by atoms with E-state index in [9.17, 15) is 10.2 Å². The lowest BCUT2D eigenvalue weighted by atomic mass is 9.49. The summed E-state index contributed by atoms with van der Waals surface area (Å²) in [5, 5.41) is 23.1. The molecule has 29 heavy (non-hydrogen) atoms. The van der Waals surface area contributed by atoms with E-state index in [0.29, 0.717) is 12.2 Å². The number of fused-ring (bicyclic) bond motifs is 2. The third-order valence-corrected chi connectivity index (χ3v) is 8.36. The van der Waals surface area contributed by atoms with Gasteiger partial charge in [-0.1, -0.05) is 12.1 Å². The summed E-state index contributed by atoms with van der Waals surface area (Å²) in [6.07, 6.45) is 6.48. The fraction of sp³-hybridized carbons (Fsp3) is 0.542. The highest BCUT2D eigenvalue weighted by molar-refractivity contribution is 5.64. The lowest BCUT2D eigenvalue weighted by Crippen LogP contribution is -2.74. The lowest BCUT2D eigenvalue weighted by Gasteiger charge is -2.63. The van der Waals surface area contributed by atoms with Crippen LogP contribution in [0.2, 0.25) is 0 Å². The van der Waals surface area contributed by atoms with Crippen molar-refractivity contribution in [3.8, 4) is 11.5 Å². The number of nitrogens with zero attached hydrogens (tertiary/aromatic N) is 2. The van der Waals surface area contributed by atoms with Crippen LogP contribution in [0.15, 0.2) is 24.4 Å². The van der Waals surface area contributed by atoms with Gasteiger partial charge in [0.1, 0.15) is 0 Å². The van der Waals surface area contributed by atoms with Crippen LogP contribution < -0.4 is 4.74 Å². The Morgan fingerprint density at radius 2 is 2.14 bits per heavy atom. The van der Waals surface area contributed by atoms with Gasteiger partial charge in [-0.15, -0.1) is 0 Å². The maximum atomic E-state index is 12.5. The highest BCUT2D eigenvalue weighted by atomic mass is 16.5. The molecule has 3 heterocycles. The number of ether oxygens (including phenoxy) is 1. The van der Waals surface area contributed by atoms with Crippen molar-refractivity contribution in [2.75, 3.05) is 13.1 Å². The van der Waals surface area contributed by atoms with E-state index in [-0.39, 0.29) is 17.9 Å². The molecular formula is C24H26N2O3. The first kappa shape index (κ1) is 16.7. The molecule has 2 N–H and O–H groups in total. The zero-order valence-corrected chi connectivity index (χ0v) is 16.7. The number of likely N-dealkylation sites (tertiary alicyclic amines) is 1. The SMILES string of the molecule is Cc1cnc2c(c1)C[C@@]1(O)C3Cc4ccc(O)c5c4[C@@]1(CCN3CC1CC1)[C@H]2O5. The topological polar surface area (TPSA) is 65.8 Å². The summed E-state index contributed by atoms with van der Waals surface area (Å²) < 4.78 is 6.48. The van der Waals surface area contributed by atoms with E-state index in [4.69, 9.17) is 9.72 Å². The first-order valence-corrected chi connectivity index (χ1v) is 10.9. The molecule has 3 aliphatic carbocycles. The Bertz CT molecular complexity index is 1060. The van der Waals surface area contributed by atoms with Gasteiger partial charge in [0.2, 0.25) is 0 Å². The minimum Gasteiger partial charge on any atom is -0.504 e. The van der Waals surface area contributed by atoms with Crippen LogP contribution in [0, 0.1) is 12.8 Å². The average molecular weight is 390 g/mol. The number of phenols is 1. The number of hydrogen-bond donors (Lipinski definition) is 2. The van der Waals surface area contributed by atoms with Gasteiger partial charge in [-0.05, 0) is 67.8 Å². The largest absolute Gasteiger partial charge is 0.504 e. The summed E-state index contributed by atoms with van der Waals surface area (Å²) in [7, 11) is 0. The highest BCUT2D eigenvalue weighted by Crippen LogP contribution is 2.68. The van der Waals surface area contributed by atoms with E-state index in [1.807, 2.05) is 12.3 Å². The average Bonchev–Trinajstić information content (AvgIpc) is 3.42. The first-order valence-electron chi connectivity index (χ1n) is 10.9. The van der Waals surface area contributed by atoms with Crippen molar-refractivity contribution < 1.29 is 14.9 Å². The molecule has 2 aliphatic heterocycles. The summed E-state index contributed by atoms with van der Waals surface area (Å²) in [6, 6.07) is 6.05. The quantitative estimate of drug-likeness (QED) is 0.826. The van der Waals surface area contributed by atoms with Crippen molar-refractivity contribution in [3.05, 3.63) is 52.3 Å². The zero-order chi connectivity index (χ0) is 19.5. The molecule has 150 valence electrons. The molecule has 1 aromatic carbocycles. The number of aromatic hydroxyl groups is 1. The van der Waals surface area contributed by atoms with E-state index >= 15 is 0 Å². The number of benzene rings is 1. The Hall–Kier alpha value is -2.11. The number of aliphatic hydroxyl groups is 1. The van der Waals surface area contributed by atoms with Gasteiger partial charge in [-0.3, -0.25) is 9.88 Å². The Labute approximate surface area is 170 Å². The van der Waals surface area contributed by atoms with Crippen molar-refractivity contribution in [1.29, 1.82) is 0 Å². The minimum atomic E-state index is -0.903. The van der Waals surface area contributed by atoms with Crippen LogP contribution in [0.3, 0.4) is 0 Å². The Balaban J connectivity index is 1.50. The molecule has 0 radical (unpaired) electrons. The number of rotatable bonds is 2. The molecule has 5 aliphatic rings. The third kappa shape index (κ3) is 1.87. The van der Waals surface area contributed by atoms with Crippen LogP contribution in [-0.2, 0) is 18.3 Å². The molecule has 1 saturated heterocycles. The van der Waals surface area contributed by atoms with Gasteiger partial charge in [-0.2, -0.15) is 0 Å². The Kier molecular flexibility index (Phi) is 2.95. The van der Waals surface area contributed by atoms with Gasteiger partial charge >= 0.3 is 0 Å². The molecule has 1 spiro atoms. The van der Waals surface area contributed by atoms with Crippen LogP contribution in [0.4, 0.5) is 0 Å². The molecule has 1 saturated carbocycles. The van der Waals surface area contributed by atoms with Crippen molar-refractivity contribution in [2.45, 2.75) is 62.2 Å². The van der Waals surface area contributed by atoms with Crippen molar-refractivity contribution in [3.63, 3.8) is 0 Å². The summed E-state index contributed by atoms with van der Waals surface area (Å²) in [5.74, 6) is 1.55. The highest BCUT2D eigenvalue weighted by Gasteiger charge is 2.72. The molecule has 7 rings (SSSR count). The van der Waals surface area contributed by atoms with Gasteiger partial charge in [0, 0.05) is 30.8 Å². The molecule has 4 atom stereocenters. The van der Waals surface area contributed by atoms with Crippen molar-refractivity contribution in [2.24, 2.45) is 5.92 Å². The Morgan fingerprint density at radius 3 is 2.97 bits per heavy atom. The molecule has 0 amide bonds. The summed E-state index contributed by atoms with van der Waals surface area (Å²) in [5.41, 5.74) is 4.01. The van der Waals surface area contributed by atoms with Gasteiger partial charge in [0.25, 0.3) is 0 Å². The van der Waals surface area contributed by atoms with Crippen molar-refractivity contribution >= 4 is 0 Å². The number of phenolic OH excluding ortho intramolecular Hbond substituents is 1. The lowest BCUT2D eigenvalue weighted by molar-refractivity contribution is -0.173. The number of aryl methyl sites for hydroxylation is 1. The zero-order valence-electron chi connectivity index (χ0n) is 16.7. The van der Waals surface area contributed by atoms with Crippen LogP contribution in [0.25, 0.3) is 0 Å². The number of aromatic nitrogens is 1. The molecule has 1 unspecified atom stereocenters. The van der Waals surface area contributed by atoms with E-state index in [2.05, 4.69) is 17.9 Å². The van der Waals surface area contributed by atoms with E-state index < -0.39 is 11.0 Å². The normalized spacial score (nSPS) is 36.3. The van der Waals surface area contributed by atoms with Gasteiger partial charge in [0.05, 0.1) is 16.7 Å². The fourth-order valence-electron chi connectivity index (χ4n) is 6.96. The number of hydrogen-bond acceptors (Lipinski definition) is 5. The molecular weight excluding hydrogens is 364 g/mol. The molecule has 1 aromatic heterocycles. The molecule has 5 heteroatoms. The summed E-state index contributed by atoms with van der Waals surface area (Å²) in [4.78, 5) is 7.34. The second-order valence-corrected chi connectivity index (χ2v) is 9.98. The molecule has 2 aromatic rings. The molecule has 2 fully saturated rings. The second-order valence-electron chi connectivity index (χ2n) is 9.98. The summed E-state index contributed by atoms with van der Waals surface area (Å²) >= 11 is 0. The van der Waals surface area contributed by atoms with Gasteiger partial charge in [0.15, 0.2) is 17.6 Å². The maximum Gasteiger partial charge on any atom is 0.166 e. The van der Waals surface area contributed by atoms with Crippen LogP contribution in [-0.4, -0.2) is 44.8 Å². The Morgan fingerprint density at radius 1 is 1.28 bits per heavy atom. The van der Waals surface area contributed by atoms with E-state index in [0.717, 1.165) is 54.2 Å². The van der Waals surface area contributed by atoms with Gasteiger partial charge in [-0.25, -0.2) is 0 Å². The molecule has 5 nitrogen and oxygen atoms in total. The van der Waals surface area contributed by atoms with Crippen molar-refractivity contribution in [1.82, 2.24) is 9.88 Å². The van der Waals surface area contributed by atoms with Gasteiger partial charge < -0.3 is 14.9 Å². The third-order valence-electron chi connectivity index (χ3n) is 8.36. The maximum absolute atomic E-state index is 12.5. The fourth-order valence-corrected chi connectivity index (χ4v) is 6.96. The summed E-state index contributed by atoms with van der Waals surface area (Å²) in [6.45, 7) is 4.11. The van der Waals surface area contributed by atoms with Crippen LogP contribution in [0.1, 0.15) is 53.3 Å². The number of pyridine rings is 1.